The fraction of sp³-hybridized carbons (Fsp3) is 1.00. The molecule has 6 atom stereocenters. The van der Waals surface area contributed by atoms with E-state index in [9.17, 15) is 8.78 Å². The van der Waals surface area contributed by atoms with E-state index < -0.39 is 12.3 Å². The molecule has 0 aromatic heterocycles. The van der Waals surface area contributed by atoms with Crippen molar-refractivity contribution < 1.29 is 13.5 Å². The highest BCUT2D eigenvalue weighted by Gasteiger charge is 2.48. The Hall–Kier alpha value is -0.180. The Balaban J connectivity index is 1.78. The molecule has 0 spiro atoms. The van der Waals surface area contributed by atoms with Gasteiger partial charge in [0.2, 0.25) is 0 Å². The lowest BCUT2D eigenvalue weighted by atomic mass is 9.64. The molecule has 3 aliphatic rings. The molecule has 16 heavy (non-hydrogen) atoms. The Morgan fingerprint density at radius 2 is 1.44 bits per heavy atom. The number of rotatable bonds is 0. The summed E-state index contributed by atoms with van der Waals surface area (Å²) in [6.07, 6.45) is 3.63. The molecule has 1 saturated heterocycles. The van der Waals surface area contributed by atoms with Crippen LogP contribution in [-0.4, -0.2) is 25.1 Å². The first-order valence-electron chi connectivity index (χ1n) is 6.67. The molecular weight excluding hydrogens is 210 g/mol. The number of alkyl halides is 2. The van der Waals surface area contributed by atoms with Crippen LogP contribution >= 0.6 is 0 Å². The number of halogens is 2. The lowest BCUT2D eigenvalue weighted by Crippen LogP contribution is -2.52. The number of ether oxygens (including phenoxy) is 1. The minimum absolute atomic E-state index is 0.0558. The van der Waals surface area contributed by atoms with Crippen LogP contribution in [0.3, 0.4) is 0 Å². The zero-order valence-corrected chi connectivity index (χ0v) is 9.58. The van der Waals surface area contributed by atoms with Gasteiger partial charge in [0, 0.05) is 5.92 Å². The molecule has 3 fully saturated rings. The zero-order chi connectivity index (χ0) is 11.1. The summed E-state index contributed by atoms with van der Waals surface area (Å²) in [6, 6.07) is 0. The van der Waals surface area contributed by atoms with Crippen LogP contribution in [0.2, 0.25) is 0 Å². The Kier molecular flexibility index (Phi) is 2.90. The molecule has 1 nitrogen and oxygen atoms in total. The van der Waals surface area contributed by atoms with Crippen LogP contribution in [0.1, 0.15) is 38.5 Å². The second-order valence-corrected chi connectivity index (χ2v) is 5.68. The average molecular weight is 230 g/mol. The summed E-state index contributed by atoms with van der Waals surface area (Å²) in [4.78, 5) is 0. The monoisotopic (exact) mass is 230 g/mol. The molecule has 0 bridgehead atoms. The Morgan fingerprint density at radius 1 is 0.750 bits per heavy atom. The Labute approximate surface area is 95.5 Å². The van der Waals surface area contributed by atoms with E-state index in [-0.39, 0.29) is 12.0 Å². The molecule has 6 unspecified atom stereocenters. The van der Waals surface area contributed by atoms with Crippen molar-refractivity contribution in [3.8, 4) is 0 Å². The van der Waals surface area contributed by atoms with Gasteiger partial charge in [-0.2, -0.15) is 0 Å². The van der Waals surface area contributed by atoms with Crippen molar-refractivity contribution in [3.05, 3.63) is 0 Å². The van der Waals surface area contributed by atoms with Crippen LogP contribution in [-0.2, 0) is 4.74 Å². The second kappa shape index (κ2) is 4.25. The van der Waals surface area contributed by atoms with E-state index >= 15 is 0 Å². The van der Waals surface area contributed by atoms with Gasteiger partial charge >= 0.3 is 0 Å². The van der Waals surface area contributed by atoms with E-state index in [1.807, 2.05) is 0 Å². The van der Waals surface area contributed by atoms with Gasteiger partial charge in [0.15, 0.2) is 0 Å². The lowest BCUT2D eigenvalue weighted by molar-refractivity contribution is -0.161. The molecule has 1 heterocycles. The van der Waals surface area contributed by atoms with Gasteiger partial charge in [-0.15, -0.1) is 0 Å². The molecule has 2 saturated carbocycles. The SMILES string of the molecule is FC1CCCC2C1COC1C(F)CCCC21. The smallest absolute Gasteiger partial charge is 0.126 e. The predicted octanol–water partition coefficient (Wildman–Crippen LogP) is 3.28. The fourth-order valence-corrected chi connectivity index (χ4v) is 4.06. The summed E-state index contributed by atoms with van der Waals surface area (Å²) < 4.78 is 33.2. The third kappa shape index (κ3) is 1.68. The van der Waals surface area contributed by atoms with Crippen molar-refractivity contribution in [1.29, 1.82) is 0 Å². The van der Waals surface area contributed by atoms with Crippen LogP contribution < -0.4 is 0 Å². The highest BCUT2D eigenvalue weighted by Crippen LogP contribution is 2.47. The van der Waals surface area contributed by atoms with Crippen LogP contribution in [0.15, 0.2) is 0 Å². The van der Waals surface area contributed by atoms with Crippen LogP contribution in [0.25, 0.3) is 0 Å². The van der Waals surface area contributed by atoms with Crippen molar-refractivity contribution >= 4 is 0 Å². The van der Waals surface area contributed by atoms with Gasteiger partial charge in [0.1, 0.15) is 12.3 Å². The van der Waals surface area contributed by atoms with E-state index in [1.165, 1.54) is 0 Å². The van der Waals surface area contributed by atoms with Gasteiger partial charge in [0.05, 0.1) is 12.7 Å². The molecule has 2 aliphatic carbocycles. The van der Waals surface area contributed by atoms with Gasteiger partial charge in [-0.25, -0.2) is 8.78 Å². The fourth-order valence-electron chi connectivity index (χ4n) is 4.06. The van der Waals surface area contributed by atoms with Crippen molar-refractivity contribution in [3.63, 3.8) is 0 Å². The van der Waals surface area contributed by atoms with Crippen molar-refractivity contribution in [1.82, 2.24) is 0 Å². The standard InChI is InChI=1S/C13H20F2O/c14-11-5-1-3-8-9-4-2-6-12(15)13(9)16-7-10(8)11/h8-13H,1-7H2. The Morgan fingerprint density at radius 3 is 2.25 bits per heavy atom. The summed E-state index contributed by atoms with van der Waals surface area (Å²) in [5.74, 6) is 0.738. The first-order valence-corrected chi connectivity index (χ1v) is 6.67. The molecule has 0 radical (unpaired) electrons. The topological polar surface area (TPSA) is 9.23 Å². The van der Waals surface area contributed by atoms with Gasteiger partial charge in [-0.05, 0) is 37.5 Å². The molecule has 0 amide bonds. The minimum atomic E-state index is -0.806. The summed E-state index contributed by atoms with van der Waals surface area (Å²) in [5, 5.41) is 0. The quantitative estimate of drug-likeness (QED) is 0.620. The van der Waals surface area contributed by atoms with Crippen molar-refractivity contribution in [2.75, 3.05) is 6.61 Å². The number of hydrogen-bond acceptors (Lipinski definition) is 1. The van der Waals surface area contributed by atoms with Gasteiger partial charge in [-0.3, -0.25) is 0 Å². The molecule has 0 aromatic rings. The van der Waals surface area contributed by atoms with E-state index in [4.69, 9.17) is 4.74 Å². The normalized spacial score (nSPS) is 52.9. The summed E-state index contributed by atoms with van der Waals surface area (Å²) in [7, 11) is 0. The predicted molar refractivity (Wildman–Crippen MR) is 57.7 cm³/mol. The molecule has 1 aliphatic heterocycles. The third-order valence-electron chi connectivity index (χ3n) is 4.86. The lowest BCUT2D eigenvalue weighted by Gasteiger charge is -2.49. The van der Waals surface area contributed by atoms with E-state index in [1.54, 1.807) is 0 Å². The van der Waals surface area contributed by atoms with Gasteiger partial charge in [-0.1, -0.05) is 12.8 Å². The molecule has 3 rings (SSSR count). The second-order valence-electron chi connectivity index (χ2n) is 5.68. The van der Waals surface area contributed by atoms with E-state index in [0.717, 1.165) is 25.7 Å². The maximum Gasteiger partial charge on any atom is 0.126 e. The Bertz CT molecular complexity index is 232. The van der Waals surface area contributed by atoms with E-state index in [2.05, 4.69) is 0 Å². The zero-order valence-electron chi connectivity index (χ0n) is 9.58. The average Bonchev–Trinajstić information content (AvgIpc) is 2.30. The molecule has 92 valence electrons. The summed E-state index contributed by atoms with van der Waals surface area (Å²) in [5.41, 5.74) is 0. The molecule has 0 aromatic carbocycles. The maximum atomic E-state index is 13.8. The number of hydrogen-bond donors (Lipinski definition) is 0. The first kappa shape index (κ1) is 10.9. The minimum Gasteiger partial charge on any atom is -0.374 e. The molecule has 3 heteroatoms. The van der Waals surface area contributed by atoms with Gasteiger partial charge < -0.3 is 4.74 Å². The third-order valence-corrected chi connectivity index (χ3v) is 4.86. The first-order chi connectivity index (χ1) is 7.77. The molecule has 0 N–H and O–H groups in total. The van der Waals surface area contributed by atoms with Crippen molar-refractivity contribution in [2.24, 2.45) is 17.8 Å². The summed E-state index contributed by atoms with van der Waals surface area (Å²) >= 11 is 0. The van der Waals surface area contributed by atoms with E-state index in [0.29, 0.717) is 31.3 Å². The highest BCUT2D eigenvalue weighted by molar-refractivity contribution is 4.96. The number of fused-ring (bicyclic) bond motifs is 3. The summed E-state index contributed by atoms with van der Waals surface area (Å²) in [6.45, 7) is 0.452. The highest BCUT2D eigenvalue weighted by atomic mass is 19.1. The van der Waals surface area contributed by atoms with Gasteiger partial charge in [0.25, 0.3) is 0 Å². The van der Waals surface area contributed by atoms with Crippen LogP contribution in [0, 0.1) is 17.8 Å². The van der Waals surface area contributed by atoms with Crippen LogP contribution in [0.5, 0.6) is 0 Å². The maximum absolute atomic E-state index is 13.8. The molecular formula is C13H20F2O. The van der Waals surface area contributed by atoms with Crippen molar-refractivity contribution in [2.45, 2.75) is 57.0 Å². The van der Waals surface area contributed by atoms with Crippen LogP contribution in [0.4, 0.5) is 8.78 Å². The largest absolute Gasteiger partial charge is 0.374 e.